The van der Waals surface area contributed by atoms with Crippen LogP contribution in [0.5, 0.6) is 0 Å². The standard InChI is InChI=1S/C17H18N4O3S2/c1-12-2-4-13(5-3-12)18-17(25)20-10-8-19(9-11-20)16(22)14-6-7-15(26-14)21(23)24/h2-7H,8-11H2,1H3,(H,18,25). The largest absolute Gasteiger partial charge is 0.345 e. The Morgan fingerprint density at radius 3 is 2.31 bits per heavy atom. The molecule has 26 heavy (non-hydrogen) atoms. The maximum atomic E-state index is 12.5. The minimum atomic E-state index is -0.478. The zero-order chi connectivity index (χ0) is 18.7. The van der Waals surface area contributed by atoms with E-state index in [0.717, 1.165) is 17.0 Å². The van der Waals surface area contributed by atoms with E-state index in [1.807, 2.05) is 36.1 Å². The number of nitrogens with zero attached hydrogens (tertiary/aromatic N) is 3. The number of anilines is 1. The third kappa shape index (κ3) is 4.17. The first-order valence-corrected chi connectivity index (χ1v) is 9.32. The lowest BCUT2D eigenvalue weighted by Crippen LogP contribution is -2.51. The molecule has 3 rings (SSSR count). The quantitative estimate of drug-likeness (QED) is 0.493. The van der Waals surface area contributed by atoms with E-state index in [2.05, 4.69) is 5.32 Å². The number of piperazine rings is 1. The van der Waals surface area contributed by atoms with Crippen LogP contribution in [-0.4, -0.2) is 51.9 Å². The van der Waals surface area contributed by atoms with Crippen LogP contribution in [0.1, 0.15) is 15.2 Å². The molecule has 0 bridgehead atoms. The van der Waals surface area contributed by atoms with E-state index in [9.17, 15) is 14.9 Å². The number of hydrogen-bond acceptors (Lipinski definition) is 5. The zero-order valence-corrected chi connectivity index (χ0v) is 15.8. The lowest BCUT2D eigenvalue weighted by atomic mass is 10.2. The summed E-state index contributed by atoms with van der Waals surface area (Å²) in [6, 6.07) is 10.9. The van der Waals surface area contributed by atoms with Gasteiger partial charge in [-0.05, 0) is 37.3 Å². The molecule has 1 saturated heterocycles. The highest BCUT2D eigenvalue weighted by atomic mass is 32.1. The first kappa shape index (κ1) is 18.3. The second-order valence-corrected chi connectivity index (χ2v) is 7.42. The van der Waals surface area contributed by atoms with Gasteiger partial charge in [0.25, 0.3) is 5.91 Å². The highest BCUT2D eigenvalue weighted by Crippen LogP contribution is 2.25. The molecule has 1 aromatic heterocycles. The number of nitrogens with one attached hydrogen (secondary N) is 1. The van der Waals surface area contributed by atoms with Crippen molar-refractivity contribution in [2.75, 3.05) is 31.5 Å². The van der Waals surface area contributed by atoms with E-state index in [0.29, 0.717) is 36.2 Å². The van der Waals surface area contributed by atoms with Gasteiger partial charge in [-0.3, -0.25) is 14.9 Å². The van der Waals surface area contributed by atoms with Crippen LogP contribution in [0.25, 0.3) is 0 Å². The number of amides is 1. The molecule has 2 aromatic rings. The van der Waals surface area contributed by atoms with Crippen molar-refractivity contribution in [3.8, 4) is 0 Å². The van der Waals surface area contributed by atoms with Crippen molar-refractivity contribution < 1.29 is 9.72 Å². The first-order chi connectivity index (χ1) is 12.4. The lowest BCUT2D eigenvalue weighted by Gasteiger charge is -2.36. The summed E-state index contributed by atoms with van der Waals surface area (Å²) in [4.78, 5) is 26.9. The summed E-state index contributed by atoms with van der Waals surface area (Å²) in [7, 11) is 0. The highest BCUT2D eigenvalue weighted by Gasteiger charge is 2.25. The van der Waals surface area contributed by atoms with Crippen molar-refractivity contribution in [1.29, 1.82) is 0 Å². The summed E-state index contributed by atoms with van der Waals surface area (Å²) in [5, 5.41) is 14.6. The topological polar surface area (TPSA) is 78.7 Å². The molecule has 0 saturated carbocycles. The monoisotopic (exact) mass is 390 g/mol. The van der Waals surface area contributed by atoms with Gasteiger partial charge in [-0.1, -0.05) is 29.0 Å². The third-order valence-electron chi connectivity index (χ3n) is 4.14. The Balaban J connectivity index is 1.54. The molecule has 1 aliphatic heterocycles. The lowest BCUT2D eigenvalue weighted by molar-refractivity contribution is -0.380. The Hall–Kier alpha value is -2.52. The number of rotatable bonds is 3. The molecular formula is C17H18N4O3S2. The number of carbonyl (C=O) groups excluding carboxylic acids is 1. The van der Waals surface area contributed by atoms with Crippen LogP contribution in [0.3, 0.4) is 0 Å². The summed E-state index contributed by atoms with van der Waals surface area (Å²) in [6.07, 6.45) is 0. The Morgan fingerprint density at radius 1 is 1.12 bits per heavy atom. The molecule has 0 unspecified atom stereocenters. The number of benzene rings is 1. The maximum absolute atomic E-state index is 12.5. The summed E-state index contributed by atoms with van der Waals surface area (Å²) in [6.45, 7) is 4.33. The average Bonchev–Trinajstić information content (AvgIpc) is 3.13. The van der Waals surface area contributed by atoms with Gasteiger partial charge >= 0.3 is 5.00 Å². The molecule has 1 aliphatic rings. The fourth-order valence-corrected chi connectivity index (χ4v) is 3.74. The van der Waals surface area contributed by atoms with Gasteiger partial charge in [0.1, 0.15) is 0 Å². The fraction of sp³-hybridized carbons (Fsp3) is 0.294. The second kappa shape index (κ2) is 7.79. The number of carbonyl (C=O) groups is 1. The number of hydrogen-bond donors (Lipinski definition) is 1. The van der Waals surface area contributed by atoms with Gasteiger partial charge in [-0.15, -0.1) is 0 Å². The SMILES string of the molecule is Cc1ccc(NC(=S)N2CCN(C(=O)c3ccc([N+](=O)[O-])s3)CC2)cc1. The Kier molecular flexibility index (Phi) is 5.48. The summed E-state index contributed by atoms with van der Waals surface area (Å²) in [5.74, 6) is -0.167. The molecular weight excluding hydrogens is 372 g/mol. The van der Waals surface area contributed by atoms with Crippen LogP contribution in [0, 0.1) is 17.0 Å². The summed E-state index contributed by atoms with van der Waals surface area (Å²) >= 11 is 6.37. The van der Waals surface area contributed by atoms with Gasteiger partial charge in [0.15, 0.2) is 5.11 Å². The second-order valence-electron chi connectivity index (χ2n) is 5.97. The molecule has 0 spiro atoms. The van der Waals surface area contributed by atoms with E-state index in [1.165, 1.54) is 17.7 Å². The van der Waals surface area contributed by atoms with Crippen LogP contribution in [0.4, 0.5) is 10.7 Å². The van der Waals surface area contributed by atoms with Crippen molar-refractivity contribution in [2.24, 2.45) is 0 Å². The minimum Gasteiger partial charge on any atom is -0.345 e. The number of thiocarbonyl (C=S) groups is 1. The van der Waals surface area contributed by atoms with E-state index >= 15 is 0 Å². The van der Waals surface area contributed by atoms with Crippen molar-refractivity contribution in [3.05, 3.63) is 57.0 Å². The van der Waals surface area contributed by atoms with Gasteiger partial charge in [0.2, 0.25) is 0 Å². The van der Waals surface area contributed by atoms with Crippen LogP contribution in [0.2, 0.25) is 0 Å². The molecule has 0 atom stereocenters. The normalized spacial score (nSPS) is 14.2. The van der Waals surface area contributed by atoms with Gasteiger partial charge < -0.3 is 15.1 Å². The van der Waals surface area contributed by atoms with Crippen molar-refractivity contribution >= 4 is 45.3 Å². The maximum Gasteiger partial charge on any atom is 0.324 e. The Bertz CT molecular complexity index is 827. The van der Waals surface area contributed by atoms with E-state index in [4.69, 9.17) is 12.2 Å². The smallest absolute Gasteiger partial charge is 0.324 e. The Labute approximate surface area is 160 Å². The number of aryl methyl sites for hydroxylation is 1. The van der Waals surface area contributed by atoms with Crippen LogP contribution < -0.4 is 5.32 Å². The summed E-state index contributed by atoms with van der Waals surface area (Å²) in [5.41, 5.74) is 2.12. The molecule has 0 radical (unpaired) electrons. The molecule has 136 valence electrons. The minimum absolute atomic E-state index is 0.0181. The highest BCUT2D eigenvalue weighted by molar-refractivity contribution is 7.80. The molecule has 9 heteroatoms. The summed E-state index contributed by atoms with van der Waals surface area (Å²) < 4.78 is 0. The van der Waals surface area contributed by atoms with Gasteiger partial charge in [0, 0.05) is 37.9 Å². The number of thiophene rings is 1. The third-order valence-corrected chi connectivity index (χ3v) is 5.52. The molecule has 2 heterocycles. The van der Waals surface area contributed by atoms with Crippen LogP contribution in [-0.2, 0) is 0 Å². The van der Waals surface area contributed by atoms with Crippen molar-refractivity contribution in [2.45, 2.75) is 6.92 Å². The molecule has 1 amide bonds. The van der Waals surface area contributed by atoms with E-state index < -0.39 is 4.92 Å². The number of nitro groups is 1. The Morgan fingerprint density at radius 2 is 1.73 bits per heavy atom. The molecule has 0 aliphatic carbocycles. The van der Waals surface area contributed by atoms with Crippen molar-refractivity contribution in [1.82, 2.24) is 9.80 Å². The van der Waals surface area contributed by atoms with Crippen LogP contribution in [0.15, 0.2) is 36.4 Å². The molecule has 1 fully saturated rings. The fourth-order valence-electron chi connectivity index (χ4n) is 2.65. The first-order valence-electron chi connectivity index (χ1n) is 8.10. The average molecular weight is 390 g/mol. The molecule has 7 nitrogen and oxygen atoms in total. The van der Waals surface area contributed by atoms with Crippen molar-refractivity contribution in [3.63, 3.8) is 0 Å². The van der Waals surface area contributed by atoms with E-state index in [-0.39, 0.29) is 10.9 Å². The molecule has 1 aromatic carbocycles. The van der Waals surface area contributed by atoms with E-state index in [1.54, 1.807) is 4.90 Å². The predicted molar refractivity (Wildman–Crippen MR) is 106 cm³/mol. The van der Waals surface area contributed by atoms with Gasteiger partial charge in [-0.25, -0.2) is 0 Å². The van der Waals surface area contributed by atoms with Gasteiger partial charge in [0.05, 0.1) is 9.80 Å². The zero-order valence-electron chi connectivity index (χ0n) is 14.2. The predicted octanol–water partition coefficient (Wildman–Crippen LogP) is 3.12. The molecule has 1 N–H and O–H groups in total. The van der Waals surface area contributed by atoms with Gasteiger partial charge in [-0.2, -0.15) is 0 Å². The van der Waals surface area contributed by atoms with Crippen LogP contribution >= 0.6 is 23.6 Å².